The van der Waals surface area contributed by atoms with Crippen molar-refractivity contribution in [2.45, 2.75) is 52.9 Å². The lowest BCUT2D eigenvalue weighted by atomic mass is 9.93. The molecule has 0 bridgehead atoms. The standard InChI is InChI=1S/C67H47F6N3/c1-39-9-5-13-43(27-39)47-17-22-54-55-23-18-48(44-14-6-10-40(2)28-44)32-62(55)75(61(54)31-47)60-37-58(53-26-21-52(66(68,69)70)36-59(53)67(71,72)73)65(35-51(60)38-74)76-63-33-49(45-15-7-11-41(3)29-45)19-24-56(63)57-25-20-50(34-64(57)76)46-16-8-12-42(4)30-46/h5-15,17-28,30-37H,16,29H2,1-4H3. The molecule has 9 heteroatoms. The molecule has 3 nitrogen and oxygen atoms in total. The first-order chi connectivity index (χ1) is 36.5. The third kappa shape index (κ3) is 8.44. The van der Waals surface area contributed by atoms with Crippen LogP contribution in [0.4, 0.5) is 26.3 Å². The number of aromatic nitrogens is 2. The van der Waals surface area contributed by atoms with E-state index in [-0.39, 0.29) is 28.6 Å². The minimum atomic E-state index is -5.23. The lowest BCUT2D eigenvalue weighted by molar-refractivity contribution is -0.142. The summed E-state index contributed by atoms with van der Waals surface area (Å²) in [6.45, 7) is 8.10. The molecule has 0 spiro atoms. The molecule has 0 atom stereocenters. The lowest BCUT2D eigenvalue weighted by Gasteiger charge is -2.22. The van der Waals surface area contributed by atoms with Crippen molar-refractivity contribution in [3.8, 4) is 50.8 Å². The molecule has 0 unspecified atom stereocenters. The van der Waals surface area contributed by atoms with E-state index in [4.69, 9.17) is 0 Å². The summed E-state index contributed by atoms with van der Waals surface area (Å²) < 4.78 is 94.9. The maximum absolute atomic E-state index is 15.8. The zero-order valence-electron chi connectivity index (χ0n) is 41.9. The third-order valence-electron chi connectivity index (χ3n) is 14.9. The summed E-state index contributed by atoms with van der Waals surface area (Å²) in [6.07, 6.45) is 3.38. The first-order valence-electron chi connectivity index (χ1n) is 25.1. The van der Waals surface area contributed by atoms with Crippen LogP contribution in [0.2, 0.25) is 0 Å². The highest BCUT2D eigenvalue weighted by Crippen LogP contribution is 2.47. The smallest absolute Gasteiger partial charge is 0.309 e. The van der Waals surface area contributed by atoms with Crippen LogP contribution in [0.5, 0.6) is 0 Å². The van der Waals surface area contributed by atoms with Crippen LogP contribution in [-0.2, 0) is 12.4 Å². The van der Waals surface area contributed by atoms with Gasteiger partial charge in [0.05, 0.1) is 50.1 Å². The van der Waals surface area contributed by atoms with Gasteiger partial charge in [0.2, 0.25) is 0 Å². The van der Waals surface area contributed by atoms with Crippen LogP contribution in [0.1, 0.15) is 54.5 Å². The van der Waals surface area contributed by atoms with E-state index in [2.05, 4.69) is 49.4 Å². The maximum atomic E-state index is 15.8. The Bertz CT molecular complexity index is 4320. The van der Waals surface area contributed by atoms with E-state index in [1.165, 1.54) is 0 Å². The molecule has 0 fully saturated rings. The van der Waals surface area contributed by atoms with Gasteiger partial charge in [-0.1, -0.05) is 162 Å². The van der Waals surface area contributed by atoms with Gasteiger partial charge < -0.3 is 9.13 Å². The average Bonchev–Trinajstić information content (AvgIpc) is 3.90. The zero-order chi connectivity index (χ0) is 52.8. The van der Waals surface area contributed by atoms with Crippen LogP contribution >= 0.6 is 0 Å². The Morgan fingerprint density at radius 2 is 1.05 bits per heavy atom. The molecular formula is C67H47F6N3. The summed E-state index contributed by atoms with van der Waals surface area (Å²) in [4.78, 5) is 0. The van der Waals surface area contributed by atoms with E-state index >= 15 is 13.2 Å². The third-order valence-corrected chi connectivity index (χ3v) is 14.9. The fourth-order valence-electron chi connectivity index (χ4n) is 11.3. The van der Waals surface area contributed by atoms with Gasteiger partial charge in [0.15, 0.2) is 0 Å². The Morgan fingerprint density at radius 3 is 1.59 bits per heavy atom. The second-order valence-electron chi connectivity index (χ2n) is 20.2. The first-order valence-corrected chi connectivity index (χ1v) is 25.1. The van der Waals surface area contributed by atoms with E-state index in [9.17, 15) is 18.4 Å². The van der Waals surface area contributed by atoms with Crippen molar-refractivity contribution in [3.63, 3.8) is 0 Å². The Labute approximate surface area is 434 Å². The Hall–Kier alpha value is -8.87. The molecule has 2 aliphatic carbocycles. The van der Waals surface area contributed by atoms with Crippen LogP contribution in [0.15, 0.2) is 199 Å². The van der Waals surface area contributed by atoms with Gasteiger partial charge >= 0.3 is 12.4 Å². The SMILES string of the molecule is CC1=CC(=c2ccc3c4ccc(=C5C=CC=C(C)C5)cc4n(-c4cc(C#N)c(-n5c6cc(-c7cccc(C)c7)ccc6c6ccc(-c7cccc(C)c7)cc65)cc4-c4ccc(C(F)(F)F)cc4C(F)(F)F)c3c2)CC=C1. The number of hydrogen-bond donors (Lipinski definition) is 0. The van der Waals surface area contributed by atoms with Crippen LogP contribution in [0.3, 0.4) is 0 Å². The summed E-state index contributed by atoms with van der Waals surface area (Å²) in [7, 11) is 0. The number of fused-ring (bicyclic) bond motifs is 6. The van der Waals surface area contributed by atoms with Crippen LogP contribution in [0.25, 0.3) is 99.5 Å². The van der Waals surface area contributed by atoms with Gasteiger partial charge in [0, 0.05) is 27.1 Å². The quantitative estimate of drug-likeness (QED) is 0.158. The number of aryl methyl sites for hydroxylation is 2. The Morgan fingerprint density at radius 1 is 0.500 bits per heavy atom. The van der Waals surface area contributed by atoms with Crippen molar-refractivity contribution in [1.29, 1.82) is 5.26 Å². The van der Waals surface area contributed by atoms with Gasteiger partial charge in [-0.05, 0) is 138 Å². The van der Waals surface area contributed by atoms with Crippen LogP contribution in [-0.4, -0.2) is 9.13 Å². The molecule has 0 N–H and O–H groups in total. The van der Waals surface area contributed by atoms with Gasteiger partial charge in [-0.3, -0.25) is 0 Å². The van der Waals surface area contributed by atoms with Crippen molar-refractivity contribution in [2.75, 3.05) is 0 Å². The normalized spacial score (nSPS) is 15.5. The fraction of sp³-hybridized carbons (Fsp3) is 0.119. The molecule has 10 aromatic rings. The number of benzene rings is 8. The minimum Gasteiger partial charge on any atom is -0.309 e. The largest absolute Gasteiger partial charge is 0.417 e. The number of hydrogen-bond acceptors (Lipinski definition) is 1. The van der Waals surface area contributed by atoms with Crippen molar-refractivity contribution in [3.05, 3.63) is 238 Å². The summed E-state index contributed by atoms with van der Waals surface area (Å²) in [5.74, 6) is 0. The van der Waals surface area contributed by atoms with E-state index in [1.54, 1.807) is 12.1 Å². The Balaban J connectivity index is 1.25. The van der Waals surface area contributed by atoms with Crippen molar-refractivity contribution < 1.29 is 26.3 Å². The first kappa shape index (κ1) is 48.1. The van der Waals surface area contributed by atoms with Gasteiger partial charge in [0.25, 0.3) is 0 Å². The van der Waals surface area contributed by atoms with Crippen LogP contribution in [0, 0.1) is 25.2 Å². The highest BCUT2D eigenvalue weighted by molar-refractivity contribution is 6.13. The molecule has 8 aromatic carbocycles. The Kier molecular flexibility index (Phi) is 11.5. The van der Waals surface area contributed by atoms with Crippen molar-refractivity contribution in [2.24, 2.45) is 0 Å². The topological polar surface area (TPSA) is 33.6 Å². The number of nitriles is 1. The summed E-state index contributed by atoms with van der Waals surface area (Å²) >= 11 is 0. The fourth-order valence-corrected chi connectivity index (χ4v) is 11.3. The number of allylic oxidation sites excluding steroid dienone is 8. The summed E-state index contributed by atoms with van der Waals surface area (Å²) in [5, 5.41) is 16.7. The van der Waals surface area contributed by atoms with Gasteiger partial charge in [-0.25, -0.2) is 0 Å². The summed E-state index contributed by atoms with van der Waals surface area (Å²) in [5.41, 5.74) is 9.95. The minimum absolute atomic E-state index is 0.0164. The predicted octanol–water partition coefficient (Wildman–Crippen LogP) is 17.5. The van der Waals surface area contributed by atoms with Crippen LogP contribution < -0.4 is 10.4 Å². The molecular weight excluding hydrogens is 961 g/mol. The molecule has 2 aromatic heterocycles. The van der Waals surface area contributed by atoms with E-state index in [1.807, 2.05) is 151 Å². The van der Waals surface area contributed by atoms with E-state index < -0.39 is 29.0 Å². The van der Waals surface area contributed by atoms with Crippen molar-refractivity contribution >= 4 is 54.8 Å². The van der Waals surface area contributed by atoms with Gasteiger partial charge in [-0.2, -0.15) is 31.6 Å². The maximum Gasteiger partial charge on any atom is 0.417 e. The van der Waals surface area contributed by atoms with Gasteiger partial charge in [0.1, 0.15) is 6.07 Å². The second kappa shape index (κ2) is 18.2. The highest BCUT2D eigenvalue weighted by Gasteiger charge is 2.39. The lowest BCUT2D eigenvalue weighted by Crippen LogP contribution is -2.13. The highest BCUT2D eigenvalue weighted by atomic mass is 19.4. The number of rotatable bonds is 5. The number of alkyl halides is 6. The number of nitrogens with zero attached hydrogens (tertiary/aromatic N) is 3. The molecule has 0 amide bonds. The van der Waals surface area contributed by atoms with E-state index in [0.29, 0.717) is 41.0 Å². The molecule has 0 saturated carbocycles. The average molecular weight is 1010 g/mol. The molecule has 12 rings (SSSR count). The molecule has 0 radical (unpaired) electrons. The number of halogens is 6. The monoisotopic (exact) mass is 1010 g/mol. The molecule has 2 heterocycles. The predicted molar refractivity (Wildman–Crippen MR) is 297 cm³/mol. The molecule has 2 aliphatic rings. The molecule has 0 saturated heterocycles. The molecule has 76 heavy (non-hydrogen) atoms. The molecule has 0 aliphatic heterocycles. The van der Waals surface area contributed by atoms with E-state index in [0.717, 1.165) is 93.7 Å². The second-order valence-corrected chi connectivity index (χ2v) is 20.2. The van der Waals surface area contributed by atoms with Gasteiger partial charge in [-0.15, -0.1) is 0 Å². The zero-order valence-corrected chi connectivity index (χ0v) is 41.9. The van der Waals surface area contributed by atoms with Crippen molar-refractivity contribution in [1.82, 2.24) is 9.13 Å². The molecule has 372 valence electrons. The summed E-state index contributed by atoms with van der Waals surface area (Å²) in [6, 6.07) is 48.0.